The fourth-order valence-electron chi connectivity index (χ4n) is 14.3. The molecule has 2 aliphatic carbocycles. The Hall–Kier alpha value is -8.34. The second-order valence-corrected chi connectivity index (χ2v) is 27.9. The van der Waals surface area contributed by atoms with Crippen molar-refractivity contribution in [1.82, 2.24) is 0 Å². The van der Waals surface area contributed by atoms with Gasteiger partial charge in [-0.05, 0) is 172 Å². The van der Waals surface area contributed by atoms with E-state index in [1.54, 1.807) is 0 Å². The van der Waals surface area contributed by atoms with Gasteiger partial charge in [-0.15, -0.1) is 0 Å². The van der Waals surface area contributed by atoms with Gasteiger partial charge in [0.1, 0.15) is 0 Å². The Kier molecular flexibility index (Phi) is 11.4. The zero-order valence-corrected chi connectivity index (χ0v) is 50.1. The fourth-order valence-corrected chi connectivity index (χ4v) is 14.3. The number of hydrogen-bond donors (Lipinski definition) is 0. The van der Waals surface area contributed by atoms with Crippen LogP contribution in [0.3, 0.4) is 0 Å². The van der Waals surface area contributed by atoms with Crippen molar-refractivity contribution in [3.8, 4) is 33.4 Å². The zero-order valence-electron chi connectivity index (χ0n) is 50.1. The maximum absolute atomic E-state index is 2.66. The number of nitrogens with zero attached hydrogens (tertiary/aromatic N) is 3. The van der Waals surface area contributed by atoms with Gasteiger partial charge >= 0.3 is 0 Å². The van der Waals surface area contributed by atoms with E-state index in [0.717, 1.165) is 22.7 Å². The van der Waals surface area contributed by atoms with E-state index in [1.807, 2.05) is 0 Å². The zero-order chi connectivity index (χ0) is 57.0. The van der Waals surface area contributed by atoms with Gasteiger partial charge in [-0.3, -0.25) is 0 Å². The summed E-state index contributed by atoms with van der Waals surface area (Å²) in [6.07, 6.45) is 0. The normalized spacial score (nSPS) is 15.0. The van der Waals surface area contributed by atoms with Crippen molar-refractivity contribution in [2.24, 2.45) is 0 Å². The molecule has 0 radical (unpaired) electrons. The lowest BCUT2D eigenvalue weighted by Crippen LogP contribution is -2.61. The number of para-hydroxylation sites is 1. The van der Waals surface area contributed by atoms with Crippen LogP contribution in [0.2, 0.25) is 0 Å². The van der Waals surface area contributed by atoms with Crippen LogP contribution in [-0.2, 0) is 27.1 Å². The summed E-state index contributed by atoms with van der Waals surface area (Å²) in [5.41, 5.74) is 31.0. The minimum Gasteiger partial charge on any atom is -0.311 e. The minimum absolute atomic E-state index is 0.00326. The average Bonchev–Trinajstić information content (AvgIpc) is 1.14. The molecule has 0 amide bonds. The molecule has 0 N–H and O–H groups in total. The van der Waals surface area contributed by atoms with Gasteiger partial charge in [0.2, 0.25) is 0 Å². The third kappa shape index (κ3) is 7.91. The van der Waals surface area contributed by atoms with E-state index >= 15 is 0 Å². The lowest BCUT2D eigenvalue weighted by Gasteiger charge is -2.46. The maximum Gasteiger partial charge on any atom is 0.252 e. The quantitative estimate of drug-likeness (QED) is 0.154. The second-order valence-electron chi connectivity index (χ2n) is 27.9. The van der Waals surface area contributed by atoms with Crippen molar-refractivity contribution in [3.63, 3.8) is 0 Å². The van der Waals surface area contributed by atoms with Gasteiger partial charge in [0, 0.05) is 61.9 Å². The SMILES string of the molecule is CC(C)(C)c1ccc(N(c2ccc3c(c2)N(c2ccc4c(c2)C(C)(C)c2ccccc2-4)c2cc(C(C)(C)C)cc4c2B3c2cc(C(C)(C)C)ccc2N4c2ccc3c(c2)C(C)(C)c2ccccc2-3)c2ccccc2-c2ccccc2)cc1. The van der Waals surface area contributed by atoms with Gasteiger partial charge in [0.25, 0.3) is 6.71 Å². The molecule has 2 heterocycles. The van der Waals surface area contributed by atoms with Crippen LogP contribution < -0.4 is 31.1 Å². The van der Waals surface area contributed by atoms with Crippen LogP contribution in [0.5, 0.6) is 0 Å². The Morgan fingerprint density at radius 1 is 0.341 bits per heavy atom. The molecule has 14 rings (SSSR count). The molecule has 0 fully saturated rings. The van der Waals surface area contributed by atoms with Gasteiger partial charge in [-0.1, -0.05) is 230 Å². The smallest absolute Gasteiger partial charge is 0.252 e. The highest BCUT2D eigenvalue weighted by atomic mass is 15.2. The molecule has 0 saturated heterocycles. The first-order valence-electron chi connectivity index (χ1n) is 29.7. The van der Waals surface area contributed by atoms with E-state index < -0.39 is 0 Å². The van der Waals surface area contributed by atoms with Crippen LogP contribution in [-0.4, -0.2) is 6.71 Å². The van der Waals surface area contributed by atoms with Crippen LogP contribution in [0.25, 0.3) is 33.4 Å². The molecule has 10 aromatic carbocycles. The Morgan fingerprint density at radius 3 is 1.38 bits per heavy atom. The Morgan fingerprint density at radius 2 is 0.817 bits per heavy atom. The van der Waals surface area contributed by atoms with Crippen LogP contribution in [0.4, 0.5) is 51.2 Å². The van der Waals surface area contributed by atoms with Crippen LogP contribution in [0, 0.1) is 0 Å². The van der Waals surface area contributed by atoms with E-state index in [-0.39, 0.29) is 33.8 Å². The van der Waals surface area contributed by atoms with Crippen molar-refractivity contribution in [2.75, 3.05) is 14.7 Å². The summed E-state index contributed by atoms with van der Waals surface area (Å²) >= 11 is 0. The molecule has 404 valence electrons. The van der Waals surface area contributed by atoms with Crippen LogP contribution >= 0.6 is 0 Å². The lowest BCUT2D eigenvalue weighted by atomic mass is 9.33. The molecule has 0 atom stereocenters. The van der Waals surface area contributed by atoms with E-state index in [2.05, 4.69) is 317 Å². The number of anilines is 9. The molecule has 4 heteroatoms. The molecule has 2 aliphatic heterocycles. The molecule has 3 nitrogen and oxygen atoms in total. The van der Waals surface area contributed by atoms with Crippen molar-refractivity contribution in [1.29, 1.82) is 0 Å². The van der Waals surface area contributed by atoms with Crippen molar-refractivity contribution >= 4 is 74.3 Å². The largest absolute Gasteiger partial charge is 0.311 e. The second kappa shape index (κ2) is 18.1. The highest BCUT2D eigenvalue weighted by Gasteiger charge is 2.46. The third-order valence-corrected chi connectivity index (χ3v) is 18.9. The summed E-state index contributed by atoms with van der Waals surface area (Å²) in [5.74, 6) is 0. The summed E-state index contributed by atoms with van der Waals surface area (Å²) < 4.78 is 0. The third-order valence-electron chi connectivity index (χ3n) is 18.9. The standard InChI is InChI=1S/C78H74BN3/c1-74(2,3)50-31-34-53(35-32-50)80(68-30-22-19-25-57(68)49-23-15-14-16-24-49)56-38-41-66-70(48-56)82(55-37-40-61-59-27-18-21-29-63(59)78(12,13)65(61)47-55)72-45-52(76(7,8)9)44-71-73(72)79(66)67-43-51(75(4,5)6)33-42-69(67)81(71)54-36-39-60-58-26-17-20-28-62(58)77(10,11)64(60)46-54/h14-48H,1-13H3. The summed E-state index contributed by atoms with van der Waals surface area (Å²) in [4.78, 5) is 7.80. The number of fused-ring (bicyclic) bond motifs is 10. The molecule has 10 aromatic rings. The van der Waals surface area contributed by atoms with Crippen LogP contribution in [0.1, 0.15) is 129 Å². The summed E-state index contributed by atoms with van der Waals surface area (Å²) in [7, 11) is 0. The monoisotopic (exact) mass is 1060 g/mol. The van der Waals surface area contributed by atoms with E-state index in [9.17, 15) is 0 Å². The molecule has 0 bridgehead atoms. The Bertz CT molecular complexity index is 4240. The van der Waals surface area contributed by atoms with E-state index in [0.29, 0.717) is 0 Å². The minimum atomic E-state index is -0.200. The highest BCUT2D eigenvalue weighted by Crippen LogP contribution is 2.55. The summed E-state index contributed by atoms with van der Waals surface area (Å²) in [6, 6.07) is 81.8. The summed E-state index contributed by atoms with van der Waals surface area (Å²) in [5, 5.41) is 0. The topological polar surface area (TPSA) is 9.72 Å². The highest BCUT2D eigenvalue weighted by molar-refractivity contribution is 7.00. The first kappa shape index (κ1) is 51.8. The van der Waals surface area contributed by atoms with Gasteiger partial charge in [-0.2, -0.15) is 0 Å². The Labute approximate surface area is 488 Å². The summed E-state index contributed by atoms with van der Waals surface area (Å²) in [6.45, 7) is 30.7. The molecule has 0 aromatic heterocycles. The fraction of sp³-hybridized carbons (Fsp3) is 0.231. The molecular weight excluding hydrogens is 990 g/mol. The molecular formula is C78H74BN3. The van der Waals surface area contributed by atoms with E-state index in [4.69, 9.17) is 0 Å². The Balaban J connectivity index is 1.07. The molecule has 0 unspecified atom stereocenters. The number of hydrogen-bond acceptors (Lipinski definition) is 3. The predicted molar refractivity (Wildman–Crippen MR) is 352 cm³/mol. The first-order chi connectivity index (χ1) is 39.1. The molecule has 0 spiro atoms. The van der Waals surface area contributed by atoms with Gasteiger partial charge in [0.05, 0.1) is 5.69 Å². The number of benzene rings is 10. The first-order valence-corrected chi connectivity index (χ1v) is 29.7. The molecule has 4 aliphatic rings. The number of rotatable bonds is 6. The van der Waals surface area contributed by atoms with E-state index in [1.165, 1.54) is 117 Å². The van der Waals surface area contributed by atoms with Gasteiger partial charge in [-0.25, -0.2) is 0 Å². The average molecular weight is 1060 g/mol. The van der Waals surface area contributed by atoms with Crippen LogP contribution in [0.15, 0.2) is 212 Å². The molecule has 82 heavy (non-hydrogen) atoms. The van der Waals surface area contributed by atoms with Gasteiger partial charge in [0.15, 0.2) is 0 Å². The van der Waals surface area contributed by atoms with Crippen molar-refractivity contribution in [2.45, 2.75) is 117 Å². The van der Waals surface area contributed by atoms with Crippen molar-refractivity contribution < 1.29 is 0 Å². The molecule has 0 saturated carbocycles. The predicted octanol–water partition coefficient (Wildman–Crippen LogP) is 19.4. The van der Waals surface area contributed by atoms with Crippen molar-refractivity contribution in [3.05, 3.63) is 251 Å². The maximum atomic E-state index is 2.66. The lowest BCUT2D eigenvalue weighted by molar-refractivity contribution is 0.590. The van der Waals surface area contributed by atoms with Gasteiger partial charge < -0.3 is 14.7 Å².